The van der Waals surface area contributed by atoms with Crippen molar-refractivity contribution in [2.24, 2.45) is 0 Å². The lowest BCUT2D eigenvalue weighted by atomic mass is 10.5. The molecule has 0 fully saturated rings. The van der Waals surface area contributed by atoms with E-state index >= 15 is 0 Å². The molecule has 0 bridgehead atoms. The van der Waals surface area contributed by atoms with Crippen molar-refractivity contribution in [2.45, 2.75) is 13.5 Å². The van der Waals surface area contributed by atoms with Gasteiger partial charge in [0.25, 0.3) is 0 Å². The fourth-order valence-corrected chi connectivity index (χ4v) is 1.51. The number of aryl methyl sites for hydroxylation is 2. The summed E-state index contributed by atoms with van der Waals surface area (Å²) in [5.41, 5.74) is 2.14. The van der Waals surface area contributed by atoms with Gasteiger partial charge in [-0.25, -0.2) is 4.52 Å². The van der Waals surface area contributed by atoms with Gasteiger partial charge in [-0.3, -0.25) is 0 Å². The van der Waals surface area contributed by atoms with Gasteiger partial charge >= 0.3 is 0 Å². The van der Waals surface area contributed by atoms with E-state index in [1.54, 1.807) is 0 Å². The molecule has 0 unspecified atom stereocenters. The van der Waals surface area contributed by atoms with Crippen molar-refractivity contribution < 1.29 is 0 Å². The van der Waals surface area contributed by atoms with Crippen LogP contribution in [0, 0.1) is 6.92 Å². The second-order valence-electron chi connectivity index (χ2n) is 2.77. The van der Waals surface area contributed by atoms with Crippen LogP contribution in [0.1, 0.15) is 5.69 Å². The summed E-state index contributed by atoms with van der Waals surface area (Å²) in [4.78, 5) is 0. The molecule has 0 spiro atoms. The Morgan fingerprint density at radius 3 is 3.08 bits per heavy atom. The molecule has 12 heavy (non-hydrogen) atoms. The van der Waals surface area contributed by atoms with Crippen LogP contribution in [-0.4, -0.2) is 20.1 Å². The third-order valence-electron chi connectivity index (χ3n) is 1.85. The van der Waals surface area contributed by atoms with Crippen LogP contribution in [0.2, 0.25) is 0 Å². The Morgan fingerprint density at radius 2 is 2.33 bits per heavy atom. The second-order valence-corrected chi connectivity index (χ2v) is 3.15. The molecule has 2 heterocycles. The van der Waals surface area contributed by atoms with Gasteiger partial charge in [-0.2, -0.15) is 5.10 Å². The molecule has 0 radical (unpaired) electrons. The van der Waals surface area contributed by atoms with Gasteiger partial charge in [-0.1, -0.05) is 0 Å². The van der Waals surface area contributed by atoms with Crippen LogP contribution in [0.25, 0.3) is 5.65 Å². The zero-order valence-corrected chi connectivity index (χ0v) is 7.62. The molecule has 0 aliphatic heterocycles. The summed E-state index contributed by atoms with van der Waals surface area (Å²) in [6.45, 7) is 2.82. The smallest absolute Gasteiger partial charge is 0.136 e. The van der Waals surface area contributed by atoms with Gasteiger partial charge in [-0.05, 0) is 6.92 Å². The summed E-state index contributed by atoms with van der Waals surface area (Å²) in [7, 11) is 0. The number of fused-ring (bicyclic) bond motifs is 1. The molecule has 0 aliphatic rings. The third-order valence-corrected chi connectivity index (χ3v) is 2.01. The summed E-state index contributed by atoms with van der Waals surface area (Å²) in [6, 6.07) is 2.05. The molecule has 64 valence electrons. The average Bonchev–Trinajstić information content (AvgIpc) is 2.52. The van der Waals surface area contributed by atoms with Gasteiger partial charge in [0.05, 0.1) is 5.69 Å². The average molecular weight is 184 g/mol. The highest BCUT2D eigenvalue weighted by atomic mass is 35.5. The lowest BCUT2D eigenvalue weighted by Crippen LogP contribution is -1.96. The van der Waals surface area contributed by atoms with Crippen molar-refractivity contribution >= 4 is 17.2 Å². The van der Waals surface area contributed by atoms with Crippen LogP contribution < -0.4 is 0 Å². The van der Waals surface area contributed by atoms with Crippen LogP contribution >= 0.6 is 11.6 Å². The maximum Gasteiger partial charge on any atom is 0.136 e. The number of imidazole rings is 1. The number of nitrogens with zero attached hydrogens (tertiary/aromatic N) is 3. The van der Waals surface area contributed by atoms with Gasteiger partial charge in [-0.15, -0.1) is 11.6 Å². The topological polar surface area (TPSA) is 22.2 Å². The van der Waals surface area contributed by atoms with E-state index in [1.807, 2.05) is 29.9 Å². The zero-order chi connectivity index (χ0) is 8.55. The highest BCUT2D eigenvalue weighted by Gasteiger charge is 2.01. The van der Waals surface area contributed by atoms with Crippen molar-refractivity contribution in [3.05, 3.63) is 24.2 Å². The van der Waals surface area contributed by atoms with E-state index in [2.05, 4.69) is 9.67 Å². The molecule has 2 rings (SSSR count). The van der Waals surface area contributed by atoms with Crippen molar-refractivity contribution in [3.63, 3.8) is 0 Å². The Kier molecular flexibility index (Phi) is 1.81. The quantitative estimate of drug-likeness (QED) is 0.650. The van der Waals surface area contributed by atoms with E-state index in [0.717, 1.165) is 17.9 Å². The van der Waals surface area contributed by atoms with Crippen LogP contribution in [0.4, 0.5) is 0 Å². The van der Waals surface area contributed by atoms with E-state index in [4.69, 9.17) is 11.6 Å². The highest BCUT2D eigenvalue weighted by molar-refractivity contribution is 6.17. The minimum Gasteiger partial charge on any atom is -0.330 e. The Bertz CT molecular complexity index is 388. The number of alkyl halides is 1. The molecule has 0 atom stereocenters. The number of rotatable bonds is 2. The highest BCUT2D eigenvalue weighted by Crippen LogP contribution is 2.07. The standard InChI is InChI=1S/C8H10ClN3/c1-7-6-8-11(3-2-9)4-5-12(8)10-7/h4-6H,2-3H2,1H3. The largest absolute Gasteiger partial charge is 0.330 e. The van der Waals surface area contributed by atoms with Gasteiger partial charge in [0.2, 0.25) is 0 Å². The maximum absolute atomic E-state index is 5.65. The van der Waals surface area contributed by atoms with E-state index in [1.165, 1.54) is 0 Å². The van der Waals surface area contributed by atoms with Crippen molar-refractivity contribution in [1.29, 1.82) is 0 Å². The van der Waals surface area contributed by atoms with Crippen LogP contribution in [0.5, 0.6) is 0 Å². The Hall–Kier alpha value is -0.960. The van der Waals surface area contributed by atoms with Crippen LogP contribution in [0.15, 0.2) is 18.5 Å². The first kappa shape index (κ1) is 7.68. The molecule has 3 nitrogen and oxygen atoms in total. The molecule has 4 heteroatoms. The number of aromatic nitrogens is 3. The van der Waals surface area contributed by atoms with E-state index in [9.17, 15) is 0 Å². The fourth-order valence-electron chi connectivity index (χ4n) is 1.33. The first-order chi connectivity index (χ1) is 5.81. The summed E-state index contributed by atoms with van der Waals surface area (Å²) >= 11 is 5.65. The van der Waals surface area contributed by atoms with Gasteiger partial charge in [0, 0.05) is 30.9 Å². The fraction of sp³-hybridized carbons (Fsp3) is 0.375. The van der Waals surface area contributed by atoms with E-state index in [0.29, 0.717) is 5.88 Å². The van der Waals surface area contributed by atoms with E-state index in [-0.39, 0.29) is 0 Å². The summed E-state index contributed by atoms with van der Waals surface area (Å²) < 4.78 is 3.95. The summed E-state index contributed by atoms with van der Waals surface area (Å²) in [5.74, 6) is 0.633. The maximum atomic E-state index is 5.65. The molecular weight excluding hydrogens is 174 g/mol. The van der Waals surface area contributed by atoms with Crippen molar-refractivity contribution in [1.82, 2.24) is 14.2 Å². The first-order valence-corrected chi connectivity index (χ1v) is 4.42. The molecule has 0 saturated heterocycles. The van der Waals surface area contributed by atoms with Gasteiger partial charge < -0.3 is 4.57 Å². The SMILES string of the molecule is Cc1cc2n(CCCl)ccn2n1. The predicted octanol–water partition coefficient (Wildman–Crippen LogP) is 1.68. The molecule has 0 aromatic carbocycles. The zero-order valence-electron chi connectivity index (χ0n) is 6.87. The molecule has 0 saturated carbocycles. The molecule has 2 aromatic rings. The Labute approximate surface area is 75.6 Å². The minimum atomic E-state index is 0.633. The van der Waals surface area contributed by atoms with E-state index < -0.39 is 0 Å². The molecule has 0 aliphatic carbocycles. The summed E-state index contributed by atoms with van der Waals surface area (Å²) in [6.07, 6.45) is 3.93. The van der Waals surface area contributed by atoms with Crippen LogP contribution in [0.3, 0.4) is 0 Å². The molecule has 2 aromatic heterocycles. The first-order valence-electron chi connectivity index (χ1n) is 3.88. The monoisotopic (exact) mass is 183 g/mol. The normalized spacial score (nSPS) is 11.2. The molecule has 0 amide bonds. The summed E-state index contributed by atoms with van der Waals surface area (Å²) in [5, 5.41) is 4.27. The van der Waals surface area contributed by atoms with Crippen molar-refractivity contribution in [2.75, 3.05) is 5.88 Å². The van der Waals surface area contributed by atoms with Gasteiger partial charge in [0.15, 0.2) is 0 Å². The van der Waals surface area contributed by atoms with Gasteiger partial charge in [0.1, 0.15) is 5.65 Å². The minimum absolute atomic E-state index is 0.633. The lowest BCUT2D eigenvalue weighted by Gasteiger charge is -1.96. The number of halogens is 1. The third kappa shape index (κ3) is 1.10. The molecular formula is C8H10ClN3. The van der Waals surface area contributed by atoms with Crippen molar-refractivity contribution in [3.8, 4) is 0 Å². The lowest BCUT2D eigenvalue weighted by molar-refractivity contribution is 0.794. The van der Waals surface area contributed by atoms with Crippen LogP contribution in [-0.2, 0) is 6.54 Å². The Balaban J connectivity index is 2.53. The second kappa shape index (κ2) is 2.83. The Morgan fingerprint density at radius 1 is 1.50 bits per heavy atom. The number of hydrogen-bond acceptors (Lipinski definition) is 1. The predicted molar refractivity (Wildman–Crippen MR) is 48.6 cm³/mol. The number of hydrogen-bond donors (Lipinski definition) is 0. The molecule has 0 N–H and O–H groups in total.